The fraction of sp³-hybridized carbons (Fsp3) is 0. The minimum Gasteiger partial charge on any atom is -0.455 e. The van der Waals surface area contributed by atoms with Crippen LogP contribution in [0.4, 0.5) is 17.1 Å². The van der Waals surface area contributed by atoms with Crippen molar-refractivity contribution in [1.82, 2.24) is 0 Å². The molecule has 56 heavy (non-hydrogen) atoms. The summed E-state index contributed by atoms with van der Waals surface area (Å²) in [4.78, 5) is 2.33. The largest absolute Gasteiger partial charge is 0.455 e. The van der Waals surface area contributed by atoms with E-state index in [0.29, 0.717) is 0 Å². The Morgan fingerprint density at radius 1 is 0.339 bits per heavy atom. The molecule has 0 N–H and O–H groups in total. The average molecular weight is 718 g/mol. The number of anilines is 3. The predicted molar refractivity (Wildman–Crippen MR) is 231 cm³/mol. The summed E-state index contributed by atoms with van der Waals surface area (Å²) < 4.78 is 20.4. The smallest absolute Gasteiger partial charge is 0.159 e. The minimum atomic E-state index is 0.800. The van der Waals surface area contributed by atoms with Gasteiger partial charge in [0.15, 0.2) is 5.58 Å². The van der Waals surface area contributed by atoms with E-state index in [1.807, 2.05) is 24.3 Å². The summed E-state index contributed by atoms with van der Waals surface area (Å²) >= 11 is 0. The third-order valence-electron chi connectivity index (χ3n) is 11.3. The summed E-state index contributed by atoms with van der Waals surface area (Å²) in [5.41, 5.74) is 12.3. The average Bonchev–Trinajstić information content (AvgIpc) is 3.96. The molecule has 9 aromatic carbocycles. The van der Waals surface area contributed by atoms with Gasteiger partial charge in [-0.1, -0.05) is 140 Å². The molecule has 3 heterocycles. The molecule has 12 aromatic rings. The third-order valence-corrected chi connectivity index (χ3v) is 11.3. The fourth-order valence-electron chi connectivity index (χ4n) is 8.75. The molecular weight excluding hydrogens is 687 g/mol. The van der Waals surface area contributed by atoms with Crippen LogP contribution in [-0.2, 0) is 0 Å². The highest BCUT2D eigenvalue weighted by Crippen LogP contribution is 2.50. The van der Waals surface area contributed by atoms with Crippen LogP contribution in [0.2, 0.25) is 0 Å². The number of nitrogens with zero attached hydrogens (tertiary/aromatic N) is 1. The molecule has 3 aromatic heterocycles. The van der Waals surface area contributed by atoms with E-state index in [1.165, 1.54) is 5.56 Å². The third kappa shape index (κ3) is 4.53. The van der Waals surface area contributed by atoms with E-state index in [0.717, 1.165) is 110 Å². The fourth-order valence-corrected chi connectivity index (χ4v) is 8.75. The Morgan fingerprint density at radius 3 is 1.68 bits per heavy atom. The van der Waals surface area contributed by atoms with Gasteiger partial charge in [0.2, 0.25) is 0 Å². The van der Waals surface area contributed by atoms with Crippen molar-refractivity contribution in [3.05, 3.63) is 188 Å². The molecule has 0 amide bonds. The zero-order valence-electron chi connectivity index (χ0n) is 30.1. The second kappa shape index (κ2) is 12.0. The van der Waals surface area contributed by atoms with Crippen LogP contribution in [0.3, 0.4) is 0 Å². The van der Waals surface area contributed by atoms with Crippen molar-refractivity contribution in [3.8, 4) is 22.3 Å². The molecule has 0 atom stereocenters. The number of fused-ring (bicyclic) bond motifs is 10. The molecule has 0 radical (unpaired) electrons. The van der Waals surface area contributed by atoms with Crippen molar-refractivity contribution in [2.45, 2.75) is 0 Å². The quantitative estimate of drug-likeness (QED) is 0.178. The predicted octanol–water partition coefficient (Wildman–Crippen LogP) is 15.3. The first-order valence-corrected chi connectivity index (χ1v) is 18.9. The summed E-state index contributed by atoms with van der Waals surface area (Å²) in [6.45, 7) is 0. The zero-order valence-corrected chi connectivity index (χ0v) is 30.1. The van der Waals surface area contributed by atoms with E-state index in [9.17, 15) is 0 Å². The molecule has 4 nitrogen and oxygen atoms in total. The Balaban J connectivity index is 1.17. The molecule has 0 spiro atoms. The lowest BCUT2D eigenvalue weighted by Crippen LogP contribution is -2.10. The van der Waals surface area contributed by atoms with Crippen LogP contribution in [0, 0.1) is 0 Å². The molecule has 0 saturated carbocycles. The lowest BCUT2D eigenvalue weighted by atomic mass is 9.93. The highest BCUT2D eigenvalue weighted by Gasteiger charge is 2.26. The van der Waals surface area contributed by atoms with E-state index >= 15 is 0 Å². The van der Waals surface area contributed by atoms with Crippen molar-refractivity contribution < 1.29 is 13.3 Å². The summed E-state index contributed by atoms with van der Waals surface area (Å²) in [5, 5.41) is 8.62. The highest BCUT2D eigenvalue weighted by molar-refractivity contribution is 6.24. The second-order valence-electron chi connectivity index (χ2n) is 14.4. The van der Waals surface area contributed by atoms with Crippen LogP contribution in [0.5, 0.6) is 0 Å². The normalized spacial score (nSPS) is 11.9. The van der Waals surface area contributed by atoms with Crippen molar-refractivity contribution >= 4 is 93.7 Å². The minimum absolute atomic E-state index is 0.800. The first-order chi connectivity index (χ1) is 27.8. The Morgan fingerprint density at radius 2 is 0.893 bits per heavy atom. The second-order valence-corrected chi connectivity index (χ2v) is 14.4. The molecule has 0 aliphatic carbocycles. The molecule has 0 fully saturated rings. The maximum atomic E-state index is 7.05. The monoisotopic (exact) mass is 717 g/mol. The van der Waals surface area contributed by atoms with Gasteiger partial charge in [-0.2, -0.15) is 0 Å². The molecule has 0 aliphatic rings. The number of hydrogen-bond donors (Lipinski definition) is 0. The van der Waals surface area contributed by atoms with Crippen LogP contribution >= 0.6 is 0 Å². The van der Waals surface area contributed by atoms with Gasteiger partial charge in [0, 0.05) is 43.7 Å². The Kier molecular flexibility index (Phi) is 6.60. The summed E-state index contributed by atoms with van der Waals surface area (Å²) in [6.07, 6.45) is 0. The SMILES string of the molecule is c1ccc(-c2ccc(N(c3cccc4c3oc3ccccc34)c3cccc4oc5c(-c6cccc7c6oc6ccccc67)c6ccccc6cc5c34)cc2)cc1. The molecule has 12 rings (SSSR count). The van der Waals surface area contributed by atoms with Crippen LogP contribution in [0.15, 0.2) is 201 Å². The number of benzene rings is 9. The first-order valence-electron chi connectivity index (χ1n) is 18.9. The van der Waals surface area contributed by atoms with Crippen molar-refractivity contribution in [1.29, 1.82) is 0 Å². The molecule has 4 heteroatoms. The van der Waals surface area contributed by atoms with Crippen LogP contribution in [-0.4, -0.2) is 0 Å². The van der Waals surface area contributed by atoms with Gasteiger partial charge in [-0.15, -0.1) is 0 Å². The van der Waals surface area contributed by atoms with E-state index in [4.69, 9.17) is 13.3 Å². The lowest BCUT2D eigenvalue weighted by Gasteiger charge is -2.26. The Bertz CT molecular complexity index is 3480. The maximum Gasteiger partial charge on any atom is 0.159 e. The van der Waals surface area contributed by atoms with Gasteiger partial charge >= 0.3 is 0 Å². The highest BCUT2D eigenvalue weighted by atomic mass is 16.3. The first kappa shape index (κ1) is 30.9. The van der Waals surface area contributed by atoms with Gasteiger partial charge < -0.3 is 18.2 Å². The zero-order chi connectivity index (χ0) is 36.7. The van der Waals surface area contributed by atoms with Gasteiger partial charge in [0.1, 0.15) is 27.9 Å². The van der Waals surface area contributed by atoms with Crippen LogP contribution in [0.1, 0.15) is 0 Å². The van der Waals surface area contributed by atoms with E-state index < -0.39 is 0 Å². The Hall–Kier alpha value is -7.56. The van der Waals surface area contributed by atoms with Crippen molar-refractivity contribution in [3.63, 3.8) is 0 Å². The van der Waals surface area contributed by atoms with Crippen LogP contribution in [0.25, 0.3) is 98.8 Å². The van der Waals surface area contributed by atoms with Gasteiger partial charge in [-0.3, -0.25) is 0 Å². The van der Waals surface area contributed by atoms with Crippen molar-refractivity contribution in [2.75, 3.05) is 4.90 Å². The summed E-state index contributed by atoms with van der Waals surface area (Å²) in [7, 11) is 0. The number of para-hydroxylation sites is 4. The topological polar surface area (TPSA) is 42.7 Å². The van der Waals surface area contributed by atoms with Gasteiger partial charge in [0.25, 0.3) is 0 Å². The number of hydrogen-bond acceptors (Lipinski definition) is 4. The van der Waals surface area contributed by atoms with Gasteiger partial charge in [-0.05, 0) is 70.4 Å². The molecule has 0 saturated heterocycles. The van der Waals surface area contributed by atoms with E-state index in [1.54, 1.807) is 0 Å². The number of furan rings is 3. The molecule has 0 aliphatic heterocycles. The molecular formula is C52H31NO3. The van der Waals surface area contributed by atoms with E-state index in [-0.39, 0.29) is 0 Å². The van der Waals surface area contributed by atoms with Crippen LogP contribution < -0.4 is 4.90 Å². The molecule has 262 valence electrons. The van der Waals surface area contributed by atoms with Gasteiger partial charge in [-0.25, -0.2) is 0 Å². The summed E-state index contributed by atoms with van der Waals surface area (Å²) in [6, 6.07) is 65.9. The Labute approximate surface area is 321 Å². The molecule has 0 unspecified atom stereocenters. The lowest BCUT2D eigenvalue weighted by molar-refractivity contribution is 0.665. The van der Waals surface area contributed by atoms with E-state index in [2.05, 4.69) is 169 Å². The molecule has 0 bridgehead atoms. The standard InChI is InChI=1S/C52H31NO3/c1-2-13-32(14-3-1)33-27-29-35(30-28-33)53(44-23-11-20-40-38-18-7-9-25-46(38)55-51(40)44)43-22-12-26-47-49(43)42-31-34-15-4-5-16-36(34)48(52(42)56-47)41-21-10-19-39-37-17-6-8-24-45(37)54-50(39)41/h1-31H. The number of rotatable bonds is 5. The summed E-state index contributed by atoms with van der Waals surface area (Å²) in [5.74, 6) is 0. The maximum absolute atomic E-state index is 7.05. The van der Waals surface area contributed by atoms with Gasteiger partial charge in [0.05, 0.1) is 16.8 Å². The van der Waals surface area contributed by atoms with Crippen molar-refractivity contribution in [2.24, 2.45) is 0 Å².